The standard InChI is InChI=1S/C68H133NO5/c1-3-5-7-9-11-13-15-17-19-20-21-22-23-24-25-26-27-30-33-36-40-44-48-52-56-60-66(71)65(64-70)69-67(72)61-57-53-49-45-41-37-34-31-28-29-32-35-39-43-47-51-55-59-63-74-68(73)62-58-54-50-46-42-38-18-16-14-12-10-8-6-4-2/h56,60,65-66,70-71H,3-55,57-59,61-64H2,1-2H3,(H,69,72)/b60-56+. The van der Waals surface area contributed by atoms with E-state index in [0.717, 1.165) is 38.5 Å². The topological polar surface area (TPSA) is 95.9 Å². The first-order valence-electron chi connectivity index (χ1n) is 34.0. The van der Waals surface area contributed by atoms with Gasteiger partial charge in [0.1, 0.15) is 0 Å². The summed E-state index contributed by atoms with van der Waals surface area (Å²) in [5.74, 6) is -0.0570. The van der Waals surface area contributed by atoms with E-state index in [9.17, 15) is 19.8 Å². The molecule has 0 fully saturated rings. The van der Waals surface area contributed by atoms with Gasteiger partial charge >= 0.3 is 5.97 Å². The molecule has 0 saturated carbocycles. The van der Waals surface area contributed by atoms with Crippen molar-refractivity contribution in [3.8, 4) is 0 Å². The van der Waals surface area contributed by atoms with E-state index in [0.29, 0.717) is 19.4 Å². The summed E-state index contributed by atoms with van der Waals surface area (Å²) in [6, 6.07) is -0.632. The zero-order chi connectivity index (χ0) is 53.6. The molecule has 0 aliphatic heterocycles. The van der Waals surface area contributed by atoms with Gasteiger partial charge in [-0.15, -0.1) is 0 Å². The van der Waals surface area contributed by atoms with Crippen LogP contribution in [0.25, 0.3) is 0 Å². The molecule has 0 radical (unpaired) electrons. The lowest BCUT2D eigenvalue weighted by molar-refractivity contribution is -0.143. The number of esters is 1. The Morgan fingerprint density at radius 2 is 0.622 bits per heavy atom. The third-order valence-corrected chi connectivity index (χ3v) is 16.1. The monoisotopic (exact) mass is 1040 g/mol. The number of carbonyl (C=O) groups is 2. The largest absolute Gasteiger partial charge is 0.466 e. The Morgan fingerprint density at radius 1 is 0.365 bits per heavy atom. The summed E-state index contributed by atoms with van der Waals surface area (Å²) in [6.45, 7) is 4.94. The van der Waals surface area contributed by atoms with Crippen LogP contribution >= 0.6 is 0 Å². The average Bonchev–Trinajstić information content (AvgIpc) is 3.40. The summed E-state index contributed by atoms with van der Waals surface area (Å²) in [5.41, 5.74) is 0. The highest BCUT2D eigenvalue weighted by Crippen LogP contribution is 2.19. The van der Waals surface area contributed by atoms with Crippen LogP contribution in [0, 0.1) is 0 Å². The molecule has 2 atom stereocenters. The van der Waals surface area contributed by atoms with Crippen LogP contribution in [-0.2, 0) is 14.3 Å². The third kappa shape index (κ3) is 59.8. The molecule has 3 N–H and O–H groups in total. The summed E-state index contributed by atoms with van der Waals surface area (Å²) in [6.07, 6.45) is 78.4. The molecule has 0 bridgehead atoms. The molecular weight excluding hydrogens is 911 g/mol. The van der Waals surface area contributed by atoms with Crippen LogP contribution in [0.5, 0.6) is 0 Å². The van der Waals surface area contributed by atoms with Gasteiger partial charge in [-0.2, -0.15) is 0 Å². The number of hydrogen-bond acceptors (Lipinski definition) is 5. The van der Waals surface area contributed by atoms with Crippen molar-refractivity contribution >= 4 is 11.9 Å². The summed E-state index contributed by atoms with van der Waals surface area (Å²) >= 11 is 0. The molecule has 0 heterocycles. The van der Waals surface area contributed by atoms with Crippen molar-refractivity contribution in [3.63, 3.8) is 0 Å². The Labute approximate surface area is 463 Å². The number of allylic oxidation sites excluding steroid dienone is 1. The van der Waals surface area contributed by atoms with Gasteiger partial charge in [-0.1, -0.05) is 353 Å². The van der Waals surface area contributed by atoms with Crippen LogP contribution in [0.1, 0.15) is 386 Å². The number of aliphatic hydroxyl groups excluding tert-OH is 2. The fourth-order valence-electron chi connectivity index (χ4n) is 10.9. The Balaban J connectivity index is 3.42. The van der Waals surface area contributed by atoms with Crippen molar-refractivity contribution < 1.29 is 24.5 Å². The second-order valence-corrected chi connectivity index (χ2v) is 23.5. The SMILES string of the molecule is CCCCCCCCCCCCCCCCCCCCCCCCC/C=C/C(O)C(CO)NC(=O)CCCCCCCCCCCCCCCCCCCCOC(=O)CCCCCCCCCCCCCCCC. The van der Waals surface area contributed by atoms with Gasteiger partial charge in [0.2, 0.25) is 5.91 Å². The molecule has 440 valence electrons. The Hall–Kier alpha value is -1.40. The lowest BCUT2D eigenvalue weighted by Gasteiger charge is -2.20. The molecule has 6 heteroatoms. The fourth-order valence-corrected chi connectivity index (χ4v) is 10.9. The van der Waals surface area contributed by atoms with Crippen LogP contribution in [0.2, 0.25) is 0 Å². The summed E-state index contributed by atoms with van der Waals surface area (Å²) in [5, 5.41) is 23.3. The van der Waals surface area contributed by atoms with Gasteiger partial charge in [-0.05, 0) is 32.1 Å². The maximum atomic E-state index is 12.5. The molecule has 2 unspecified atom stereocenters. The van der Waals surface area contributed by atoms with E-state index in [4.69, 9.17) is 4.74 Å². The molecule has 0 aromatic rings. The van der Waals surface area contributed by atoms with Gasteiger partial charge in [0.25, 0.3) is 0 Å². The summed E-state index contributed by atoms with van der Waals surface area (Å²) < 4.78 is 5.49. The number of carbonyl (C=O) groups excluding carboxylic acids is 2. The van der Waals surface area contributed by atoms with Crippen LogP contribution < -0.4 is 5.32 Å². The van der Waals surface area contributed by atoms with Gasteiger partial charge in [0.05, 0.1) is 25.4 Å². The number of aliphatic hydroxyl groups is 2. The van der Waals surface area contributed by atoms with Crippen LogP contribution in [0.4, 0.5) is 0 Å². The minimum atomic E-state index is -0.848. The maximum absolute atomic E-state index is 12.5. The van der Waals surface area contributed by atoms with Crippen LogP contribution in [-0.4, -0.2) is 47.4 Å². The number of nitrogens with one attached hydrogen (secondary N) is 1. The highest BCUT2D eigenvalue weighted by molar-refractivity contribution is 5.76. The van der Waals surface area contributed by atoms with E-state index in [2.05, 4.69) is 19.2 Å². The van der Waals surface area contributed by atoms with Crippen molar-refractivity contribution in [2.45, 2.75) is 398 Å². The van der Waals surface area contributed by atoms with E-state index < -0.39 is 12.1 Å². The van der Waals surface area contributed by atoms with E-state index >= 15 is 0 Å². The average molecular weight is 1040 g/mol. The Morgan fingerprint density at radius 3 is 0.919 bits per heavy atom. The van der Waals surface area contributed by atoms with Gasteiger partial charge in [0, 0.05) is 12.8 Å². The van der Waals surface area contributed by atoms with Crippen molar-refractivity contribution in [3.05, 3.63) is 12.2 Å². The minimum absolute atomic E-state index is 0.0100. The van der Waals surface area contributed by atoms with Crippen molar-refractivity contribution in [1.82, 2.24) is 5.32 Å². The molecule has 1 amide bonds. The zero-order valence-electron chi connectivity index (χ0n) is 50.4. The third-order valence-electron chi connectivity index (χ3n) is 16.1. The zero-order valence-corrected chi connectivity index (χ0v) is 50.4. The van der Waals surface area contributed by atoms with E-state index in [-0.39, 0.29) is 18.5 Å². The van der Waals surface area contributed by atoms with Crippen LogP contribution in [0.15, 0.2) is 12.2 Å². The molecule has 6 nitrogen and oxygen atoms in total. The number of rotatable bonds is 64. The molecular formula is C68H133NO5. The van der Waals surface area contributed by atoms with Gasteiger partial charge in [-0.3, -0.25) is 9.59 Å². The quantitative estimate of drug-likeness (QED) is 0.0320. The van der Waals surface area contributed by atoms with Crippen molar-refractivity contribution in [2.24, 2.45) is 0 Å². The van der Waals surface area contributed by atoms with E-state index in [1.54, 1.807) is 6.08 Å². The number of ether oxygens (including phenoxy) is 1. The predicted octanol–water partition coefficient (Wildman–Crippen LogP) is 21.6. The summed E-state index contributed by atoms with van der Waals surface area (Å²) in [7, 11) is 0. The van der Waals surface area contributed by atoms with Gasteiger partial charge in [-0.25, -0.2) is 0 Å². The highest BCUT2D eigenvalue weighted by atomic mass is 16.5. The first kappa shape index (κ1) is 72.6. The molecule has 0 rings (SSSR count). The number of hydrogen-bond donors (Lipinski definition) is 3. The second-order valence-electron chi connectivity index (χ2n) is 23.5. The molecule has 0 aromatic heterocycles. The lowest BCUT2D eigenvalue weighted by atomic mass is 10.0. The second kappa shape index (κ2) is 64.1. The number of unbranched alkanes of at least 4 members (excludes halogenated alkanes) is 53. The summed E-state index contributed by atoms with van der Waals surface area (Å²) in [4.78, 5) is 24.6. The highest BCUT2D eigenvalue weighted by Gasteiger charge is 2.18. The van der Waals surface area contributed by atoms with Gasteiger partial charge < -0.3 is 20.3 Å². The molecule has 0 aliphatic rings. The number of amides is 1. The van der Waals surface area contributed by atoms with Crippen molar-refractivity contribution in [2.75, 3.05) is 13.2 Å². The lowest BCUT2D eigenvalue weighted by Crippen LogP contribution is -2.45. The first-order valence-corrected chi connectivity index (χ1v) is 34.0. The molecule has 0 aliphatic carbocycles. The normalized spacial score (nSPS) is 12.5. The molecule has 74 heavy (non-hydrogen) atoms. The molecule has 0 aromatic carbocycles. The van der Waals surface area contributed by atoms with Crippen LogP contribution in [0.3, 0.4) is 0 Å². The maximum Gasteiger partial charge on any atom is 0.305 e. The first-order chi connectivity index (χ1) is 36.5. The predicted molar refractivity (Wildman–Crippen MR) is 324 cm³/mol. The smallest absolute Gasteiger partial charge is 0.305 e. The Kier molecular flexibility index (Phi) is 62.9. The Bertz CT molecular complexity index is 1110. The van der Waals surface area contributed by atoms with Crippen molar-refractivity contribution in [1.29, 1.82) is 0 Å². The minimum Gasteiger partial charge on any atom is -0.466 e. The van der Waals surface area contributed by atoms with E-state index in [1.807, 2.05) is 6.08 Å². The fraction of sp³-hybridized carbons (Fsp3) is 0.941. The molecule has 0 spiro atoms. The van der Waals surface area contributed by atoms with Gasteiger partial charge in [0.15, 0.2) is 0 Å². The molecule has 0 saturated heterocycles. The van der Waals surface area contributed by atoms with E-state index in [1.165, 1.54) is 321 Å².